The zero-order valence-electron chi connectivity index (χ0n) is 17.7. The van der Waals surface area contributed by atoms with Gasteiger partial charge < -0.3 is 10.1 Å². The van der Waals surface area contributed by atoms with E-state index in [2.05, 4.69) is 33.8 Å². The van der Waals surface area contributed by atoms with E-state index in [1.54, 1.807) is 13.2 Å². The molecule has 0 radical (unpaired) electrons. The molecule has 4 aromatic carbocycles. The smallest absolute Gasteiger partial charge is 0.261 e. The molecule has 0 aliphatic heterocycles. The van der Waals surface area contributed by atoms with E-state index in [9.17, 15) is 4.79 Å². The summed E-state index contributed by atoms with van der Waals surface area (Å²) in [6, 6.07) is 25.8. The van der Waals surface area contributed by atoms with Crippen LogP contribution in [0.4, 0.5) is 5.13 Å². The molecule has 0 spiro atoms. The third kappa shape index (κ3) is 4.28. The molecular formula is C26H19N3O2S2. The zero-order valence-corrected chi connectivity index (χ0v) is 19.3. The van der Waals surface area contributed by atoms with Gasteiger partial charge in [-0.15, -0.1) is 11.3 Å². The summed E-state index contributed by atoms with van der Waals surface area (Å²) in [6.07, 6.45) is 0. The highest BCUT2D eigenvalue weighted by Crippen LogP contribution is 2.31. The Morgan fingerprint density at radius 1 is 0.939 bits per heavy atom. The van der Waals surface area contributed by atoms with E-state index in [0.29, 0.717) is 16.4 Å². The van der Waals surface area contributed by atoms with Gasteiger partial charge in [0.2, 0.25) is 0 Å². The Hall–Kier alpha value is -3.81. The number of rotatable bonds is 4. The number of thiazole rings is 1. The molecular weight excluding hydrogens is 450 g/mol. The number of amides is 1. The van der Waals surface area contributed by atoms with E-state index in [4.69, 9.17) is 17.0 Å². The molecule has 0 saturated heterocycles. The zero-order chi connectivity index (χ0) is 22.8. The van der Waals surface area contributed by atoms with Crippen molar-refractivity contribution in [2.24, 2.45) is 0 Å². The molecule has 0 unspecified atom stereocenters. The lowest BCUT2D eigenvalue weighted by molar-refractivity contribution is 0.0975. The van der Waals surface area contributed by atoms with Gasteiger partial charge in [-0.05, 0) is 45.9 Å². The number of methoxy groups -OCH3 is 1. The van der Waals surface area contributed by atoms with Crippen LogP contribution in [0.5, 0.6) is 5.75 Å². The first-order chi connectivity index (χ1) is 16.1. The fourth-order valence-electron chi connectivity index (χ4n) is 3.77. The lowest BCUT2D eigenvalue weighted by Crippen LogP contribution is -2.34. The molecule has 0 fully saturated rings. The van der Waals surface area contributed by atoms with Crippen LogP contribution in [-0.2, 0) is 0 Å². The van der Waals surface area contributed by atoms with Crippen LogP contribution in [0.2, 0.25) is 0 Å². The van der Waals surface area contributed by atoms with Crippen LogP contribution < -0.4 is 15.4 Å². The maximum Gasteiger partial charge on any atom is 0.261 e. The Balaban J connectivity index is 1.33. The van der Waals surface area contributed by atoms with Crippen molar-refractivity contribution in [3.8, 4) is 17.0 Å². The summed E-state index contributed by atoms with van der Waals surface area (Å²) in [7, 11) is 1.54. The fourth-order valence-corrected chi connectivity index (χ4v) is 4.74. The van der Waals surface area contributed by atoms with Crippen LogP contribution in [0, 0.1) is 0 Å². The second-order valence-electron chi connectivity index (χ2n) is 7.37. The molecule has 2 N–H and O–H groups in total. The number of nitrogens with zero attached hydrogens (tertiary/aromatic N) is 1. The van der Waals surface area contributed by atoms with Gasteiger partial charge in [-0.2, -0.15) is 0 Å². The average molecular weight is 470 g/mol. The first-order valence-electron chi connectivity index (χ1n) is 10.2. The molecule has 5 nitrogen and oxygen atoms in total. The van der Waals surface area contributed by atoms with Gasteiger partial charge in [-0.1, -0.05) is 66.7 Å². The summed E-state index contributed by atoms with van der Waals surface area (Å²) in [6.45, 7) is 0. The van der Waals surface area contributed by atoms with Gasteiger partial charge in [0.15, 0.2) is 10.2 Å². The normalized spacial score (nSPS) is 10.8. The fraction of sp³-hybridized carbons (Fsp3) is 0.0385. The van der Waals surface area contributed by atoms with Crippen LogP contribution in [0.3, 0.4) is 0 Å². The van der Waals surface area contributed by atoms with Gasteiger partial charge in [0.25, 0.3) is 5.91 Å². The number of fused-ring (bicyclic) bond motifs is 2. The summed E-state index contributed by atoms with van der Waals surface area (Å²) < 4.78 is 5.43. The maximum absolute atomic E-state index is 12.9. The van der Waals surface area contributed by atoms with E-state index in [1.165, 1.54) is 11.3 Å². The second kappa shape index (κ2) is 8.97. The quantitative estimate of drug-likeness (QED) is 0.305. The number of thiocarbonyl (C=S) groups is 1. The summed E-state index contributed by atoms with van der Waals surface area (Å²) in [4.78, 5) is 17.6. The maximum atomic E-state index is 12.9. The summed E-state index contributed by atoms with van der Waals surface area (Å²) >= 11 is 6.80. The Bertz CT molecular complexity index is 1510. The molecule has 0 atom stereocenters. The minimum Gasteiger partial charge on any atom is -0.496 e. The minimum absolute atomic E-state index is 0.175. The van der Waals surface area contributed by atoms with Crippen LogP contribution in [0.1, 0.15) is 10.4 Å². The number of benzene rings is 4. The Morgan fingerprint density at radius 3 is 2.42 bits per heavy atom. The van der Waals surface area contributed by atoms with Gasteiger partial charge >= 0.3 is 0 Å². The first kappa shape index (κ1) is 21.1. The lowest BCUT2D eigenvalue weighted by atomic mass is 10.0. The van der Waals surface area contributed by atoms with Gasteiger partial charge in [0.05, 0.1) is 18.4 Å². The molecule has 1 amide bonds. The lowest BCUT2D eigenvalue weighted by Gasteiger charge is -2.12. The third-order valence-corrected chi connectivity index (χ3v) is 6.29. The minimum atomic E-state index is -0.346. The molecule has 5 rings (SSSR count). The number of anilines is 1. The largest absolute Gasteiger partial charge is 0.496 e. The van der Waals surface area contributed by atoms with Gasteiger partial charge in [0, 0.05) is 10.9 Å². The predicted molar refractivity (Wildman–Crippen MR) is 139 cm³/mol. The average Bonchev–Trinajstić information content (AvgIpc) is 3.30. The molecule has 7 heteroatoms. The standard InChI is InChI=1S/C26H19N3O2S2/c1-31-23-14-18-9-3-2-8-17(18)13-21(23)24(30)28-25(32)29-26-27-22(15-33-26)20-12-6-10-16-7-4-5-11-19(16)20/h2-15H,1H3,(H2,27,28,29,30,32). The van der Waals surface area contributed by atoms with E-state index in [1.807, 2.05) is 60.0 Å². The Kier molecular flexibility index (Phi) is 5.73. The summed E-state index contributed by atoms with van der Waals surface area (Å²) in [5.41, 5.74) is 2.31. The first-order valence-corrected chi connectivity index (χ1v) is 11.5. The van der Waals surface area contributed by atoms with Crippen molar-refractivity contribution >= 4 is 61.3 Å². The topological polar surface area (TPSA) is 63.2 Å². The van der Waals surface area contributed by atoms with Crippen molar-refractivity contribution in [1.82, 2.24) is 10.3 Å². The van der Waals surface area contributed by atoms with Crippen molar-refractivity contribution in [2.45, 2.75) is 0 Å². The number of carbonyl (C=O) groups is 1. The molecule has 5 aromatic rings. The van der Waals surface area contributed by atoms with E-state index in [0.717, 1.165) is 32.8 Å². The van der Waals surface area contributed by atoms with Gasteiger partial charge in [-0.25, -0.2) is 4.98 Å². The molecule has 0 aliphatic rings. The van der Waals surface area contributed by atoms with Crippen LogP contribution in [0.25, 0.3) is 32.8 Å². The van der Waals surface area contributed by atoms with Crippen molar-refractivity contribution in [2.75, 3.05) is 12.4 Å². The molecule has 0 aliphatic carbocycles. The Morgan fingerprint density at radius 2 is 1.64 bits per heavy atom. The molecule has 0 bridgehead atoms. The van der Waals surface area contributed by atoms with Crippen molar-refractivity contribution < 1.29 is 9.53 Å². The van der Waals surface area contributed by atoms with Crippen LogP contribution in [-0.4, -0.2) is 23.1 Å². The van der Waals surface area contributed by atoms with E-state index < -0.39 is 0 Å². The number of carbonyl (C=O) groups excluding carboxylic acids is 1. The number of aromatic nitrogens is 1. The molecule has 33 heavy (non-hydrogen) atoms. The van der Waals surface area contributed by atoms with Gasteiger partial charge in [-0.3, -0.25) is 10.1 Å². The van der Waals surface area contributed by atoms with Crippen molar-refractivity contribution in [3.63, 3.8) is 0 Å². The Labute approximate surface area is 200 Å². The van der Waals surface area contributed by atoms with Crippen molar-refractivity contribution in [3.05, 3.63) is 89.8 Å². The molecule has 1 aromatic heterocycles. The summed E-state index contributed by atoms with van der Waals surface area (Å²) in [5.74, 6) is 0.141. The second-order valence-corrected chi connectivity index (χ2v) is 8.64. The highest BCUT2D eigenvalue weighted by Gasteiger charge is 2.16. The summed E-state index contributed by atoms with van der Waals surface area (Å²) in [5, 5.41) is 12.7. The molecule has 1 heterocycles. The van der Waals surface area contributed by atoms with Crippen LogP contribution in [0.15, 0.2) is 84.2 Å². The third-order valence-electron chi connectivity index (χ3n) is 5.33. The number of hydrogen-bond donors (Lipinski definition) is 2. The monoisotopic (exact) mass is 469 g/mol. The number of ether oxygens (including phenoxy) is 1. The SMILES string of the molecule is COc1cc2ccccc2cc1C(=O)NC(=S)Nc1nc(-c2cccc3ccccc23)cs1. The van der Waals surface area contributed by atoms with E-state index >= 15 is 0 Å². The molecule has 0 saturated carbocycles. The van der Waals surface area contributed by atoms with Crippen LogP contribution >= 0.6 is 23.6 Å². The van der Waals surface area contributed by atoms with Crippen molar-refractivity contribution in [1.29, 1.82) is 0 Å². The highest BCUT2D eigenvalue weighted by molar-refractivity contribution is 7.80. The predicted octanol–water partition coefficient (Wildman–Crippen LogP) is 6.25. The van der Waals surface area contributed by atoms with Gasteiger partial charge in [0.1, 0.15) is 5.75 Å². The number of nitrogens with one attached hydrogen (secondary N) is 2. The van der Waals surface area contributed by atoms with E-state index in [-0.39, 0.29) is 11.0 Å². The number of hydrogen-bond acceptors (Lipinski definition) is 5. The molecule has 162 valence electrons. The highest BCUT2D eigenvalue weighted by atomic mass is 32.1.